The van der Waals surface area contributed by atoms with E-state index in [4.69, 9.17) is 27.9 Å². The zero-order valence-corrected chi connectivity index (χ0v) is 17.0. The molecule has 4 nitrogen and oxygen atoms in total. The highest BCUT2D eigenvalue weighted by Crippen LogP contribution is 2.33. The van der Waals surface area contributed by atoms with Crippen molar-refractivity contribution in [2.24, 2.45) is 5.10 Å². The molecule has 4 rings (SSSR count). The first-order chi connectivity index (χ1) is 13.2. The molecule has 0 amide bonds. The Hall–Kier alpha value is -2.08. The number of hydrogen-bond acceptors (Lipinski definition) is 5. The van der Waals surface area contributed by atoms with Crippen LogP contribution in [0.25, 0.3) is 11.3 Å². The minimum atomic E-state index is 0.582. The maximum atomic E-state index is 6.28. The Morgan fingerprint density at radius 1 is 1.15 bits per heavy atom. The van der Waals surface area contributed by atoms with Gasteiger partial charge in [-0.15, -0.1) is 11.3 Å². The van der Waals surface area contributed by atoms with E-state index < -0.39 is 0 Å². The third-order valence-electron chi connectivity index (χ3n) is 4.50. The number of fused-ring (bicyclic) bond motifs is 1. The lowest BCUT2D eigenvalue weighted by Crippen LogP contribution is -2.14. The molecule has 1 aliphatic carbocycles. The van der Waals surface area contributed by atoms with E-state index in [1.807, 2.05) is 29.6 Å². The summed E-state index contributed by atoms with van der Waals surface area (Å²) in [6, 6.07) is 11.5. The minimum absolute atomic E-state index is 0.582. The zero-order chi connectivity index (χ0) is 18.8. The van der Waals surface area contributed by atoms with Crippen molar-refractivity contribution in [3.8, 4) is 17.0 Å². The molecule has 0 spiro atoms. The molecule has 0 bridgehead atoms. The average molecular weight is 418 g/mol. The van der Waals surface area contributed by atoms with Gasteiger partial charge in [-0.05, 0) is 43.5 Å². The van der Waals surface area contributed by atoms with Gasteiger partial charge in [0.25, 0.3) is 0 Å². The molecule has 3 aromatic rings. The van der Waals surface area contributed by atoms with Crippen molar-refractivity contribution in [2.75, 3.05) is 12.5 Å². The van der Waals surface area contributed by atoms with Gasteiger partial charge < -0.3 is 4.74 Å². The molecule has 0 radical (unpaired) electrons. The lowest BCUT2D eigenvalue weighted by atomic mass is 9.89. The van der Waals surface area contributed by atoms with Gasteiger partial charge in [-0.25, -0.2) is 4.98 Å². The Labute approximate surface area is 171 Å². The van der Waals surface area contributed by atoms with E-state index in [-0.39, 0.29) is 0 Å². The summed E-state index contributed by atoms with van der Waals surface area (Å²) in [5, 5.41) is 8.48. The Morgan fingerprint density at radius 2 is 2.04 bits per heavy atom. The van der Waals surface area contributed by atoms with Crippen LogP contribution in [0, 0.1) is 0 Å². The monoisotopic (exact) mass is 417 g/mol. The van der Waals surface area contributed by atoms with E-state index in [9.17, 15) is 0 Å². The van der Waals surface area contributed by atoms with Gasteiger partial charge in [0.05, 0.1) is 23.5 Å². The molecular formula is C20H17Cl2N3OS. The van der Waals surface area contributed by atoms with Gasteiger partial charge >= 0.3 is 0 Å². The van der Waals surface area contributed by atoms with Crippen molar-refractivity contribution in [1.29, 1.82) is 0 Å². The van der Waals surface area contributed by atoms with Gasteiger partial charge in [0.1, 0.15) is 5.75 Å². The summed E-state index contributed by atoms with van der Waals surface area (Å²) in [5.74, 6) is 0.925. The van der Waals surface area contributed by atoms with E-state index in [0.717, 1.165) is 52.7 Å². The van der Waals surface area contributed by atoms with Gasteiger partial charge in [0.15, 0.2) is 0 Å². The summed E-state index contributed by atoms with van der Waals surface area (Å²) < 4.78 is 5.49. The second-order valence-corrected chi connectivity index (χ2v) is 7.87. The van der Waals surface area contributed by atoms with Crippen LogP contribution in [0.4, 0.5) is 5.13 Å². The first-order valence-electron chi connectivity index (χ1n) is 8.55. The van der Waals surface area contributed by atoms with Crippen LogP contribution in [-0.4, -0.2) is 17.8 Å². The minimum Gasteiger partial charge on any atom is -0.496 e. The maximum absolute atomic E-state index is 6.28. The molecule has 1 N–H and O–H groups in total. The molecular weight excluding hydrogens is 401 g/mol. The fourth-order valence-electron chi connectivity index (χ4n) is 3.23. The Bertz CT molecular complexity index is 1020. The number of halogens is 2. The lowest BCUT2D eigenvalue weighted by Gasteiger charge is -2.20. The Kier molecular flexibility index (Phi) is 5.34. The molecule has 27 heavy (non-hydrogen) atoms. The third-order valence-corrected chi connectivity index (χ3v) is 5.80. The van der Waals surface area contributed by atoms with Crippen molar-refractivity contribution in [2.45, 2.75) is 19.3 Å². The molecule has 0 unspecified atom stereocenters. The second-order valence-electron chi connectivity index (χ2n) is 6.17. The number of methoxy groups -OCH3 is 1. The largest absolute Gasteiger partial charge is 0.496 e. The predicted molar refractivity (Wildman–Crippen MR) is 114 cm³/mol. The van der Waals surface area contributed by atoms with E-state index >= 15 is 0 Å². The van der Waals surface area contributed by atoms with Crippen LogP contribution in [0.1, 0.15) is 24.0 Å². The van der Waals surface area contributed by atoms with Crippen molar-refractivity contribution in [3.63, 3.8) is 0 Å². The van der Waals surface area contributed by atoms with Crippen LogP contribution >= 0.6 is 34.5 Å². The van der Waals surface area contributed by atoms with E-state index in [2.05, 4.69) is 21.6 Å². The fraction of sp³-hybridized carbons (Fsp3) is 0.200. The second kappa shape index (κ2) is 7.89. The number of benzene rings is 2. The normalized spacial score (nSPS) is 14.9. The Balaban J connectivity index is 1.58. The quantitative estimate of drug-likeness (QED) is 0.508. The average Bonchev–Trinajstić information content (AvgIpc) is 3.14. The zero-order valence-electron chi connectivity index (χ0n) is 14.6. The number of hydrazone groups is 1. The van der Waals surface area contributed by atoms with Crippen LogP contribution in [0.5, 0.6) is 5.75 Å². The van der Waals surface area contributed by atoms with E-state index in [1.54, 1.807) is 13.2 Å². The highest BCUT2D eigenvalue weighted by molar-refractivity contribution is 7.14. The van der Waals surface area contributed by atoms with Crippen LogP contribution in [0.3, 0.4) is 0 Å². The Morgan fingerprint density at radius 3 is 2.85 bits per heavy atom. The van der Waals surface area contributed by atoms with E-state index in [1.165, 1.54) is 16.9 Å². The summed E-state index contributed by atoms with van der Waals surface area (Å²) in [6.07, 6.45) is 2.99. The molecule has 7 heteroatoms. The number of anilines is 1. The van der Waals surface area contributed by atoms with Gasteiger partial charge in [-0.2, -0.15) is 5.10 Å². The number of ether oxygens (including phenoxy) is 1. The predicted octanol–water partition coefficient (Wildman–Crippen LogP) is 6.28. The van der Waals surface area contributed by atoms with Gasteiger partial charge in [-0.1, -0.05) is 35.3 Å². The highest BCUT2D eigenvalue weighted by atomic mass is 35.5. The SMILES string of the molecule is COc1cccc2c1CCC/C2=N/Nc1nc(-c2ccc(Cl)cc2Cl)cs1. The number of nitrogens with one attached hydrogen (secondary N) is 1. The molecule has 0 saturated carbocycles. The molecule has 1 aliphatic rings. The molecule has 1 aromatic heterocycles. The molecule has 0 aliphatic heterocycles. The summed E-state index contributed by atoms with van der Waals surface area (Å²) in [7, 11) is 1.71. The molecule has 138 valence electrons. The number of rotatable bonds is 4. The first-order valence-corrected chi connectivity index (χ1v) is 10.2. The van der Waals surface area contributed by atoms with Gasteiger partial charge in [0.2, 0.25) is 5.13 Å². The molecule has 2 aromatic carbocycles. The molecule has 0 saturated heterocycles. The van der Waals surface area contributed by atoms with Crippen molar-refractivity contribution < 1.29 is 4.74 Å². The number of hydrogen-bond donors (Lipinski definition) is 1. The molecule has 1 heterocycles. The summed E-state index contributed by atoms with van der Waals surface area (Å²) >= 11 is 13.7. The highest BCUT2D eigenvalue weighted by Gasteiger charge is 2.19. The maximum Gasteiger partial charge on any atom is 0.203 e. The van der Waals surface area contributed by atoms with Gasteiger partial charge in [0, 0.05) is 27.1 Å². The smallest absolute Gasteiger partial charge is 0.203 e. The number of thiazole rings is 1. The number of nitrogens with zero attached hydrogens (tertiary/aromatic N) is 2. The van der Waals surface area contributed by atoms with Crippen LogP contribution in [0.2, 0.25) is 10.0 Å². The summed E-state index contributed by atoms with van der Waals surface area (Å²) in [4.78, 5) is 4.59. The standard InChI is InChI=1S/C20H17Cl2N3OS/c1-26-19-7-3-4-13-14(19)5-2-6-17(13)24-25-20-23-18(11-27-20)15-9-8-12(21)10-16(15)22/h3-4,7-11H,2,5-6H2,1H3,(H,23,25)/b24-17-. The lowest BCUT2D eigenvalue weighted by molar-refractivity contribution is 0.408. The van der Waals surface area contributed by atoms with Crippen molar-refractivity contribution >= 4 is 45.4 Å². The van der Waals surface area contributed by atoms with Crippen LogP contribution in [-0.2, 0) is 6.42 Å². The van der Waals surface area contributed by atoms with Gasteiger partial charge in [-0.3, -0.25) is 5.43 Å². The fourth-order valence-corrected chi connectivity index (χ4v) is 4.39. The topological polar surface area (TPSA) is 46.5 Å². The number of aromatic nitrogens is 1. The van der Waals surface area contributed by atoms with Crippen LogP contribution < -0.4 is 10.2 Å². The summed E-state index contributed by atoms with van der Waals surface area (Å²) in [6.45, 7) is 0. The molecule has 0 atom stereocenters. The third kappa shape index (κ3) is 3.81. The first kappa shape index (κ1) is 18.3. The van der Waals surface area contributed by atoms with E-state index in [0.29, 0.717) is 10.0 Å². The van der Waals surface area contributed by atoms with Crippen LogP contribution in [0.15, 0.2) is 46.9 Å². The molecule has 0 fully saturated rings. The van der Waals surface area contributed by atoms with Crippen molar-refractivity contribution in [1.82, 2.24) is 4.98 Å². The summed E-state index contributed by atoms with van der Waals surface area (Å²) in [5.41, 5.74) is 8.14. The van der Waals surface area contributed by atoms with Crippen molar-refractivity contribution in [3.05, 3.63) is 63.0 Å².